The molecule has 1 saturated heterocycles. The van der Waals surface area contributed by atoms with E-state index in [4.69, 9.17) is 4.74 Å². The highest BCUT2D eigenvalue weighted by atomic mass is 16.5. The molecule has 0 bridgehead atoms. The Morgan fingerprint density at radius 2 is 2.20 bits per heavy atom. The highest BCUT2D eigenvalue weighted by Crippen LogP contribution is 2.37. The molecule has 3 heteroatoms. The second-order valence-corrected chi connectivity index (χ2v) is 7.00. The molecule has 20 heavy (non-hydrogen) atoms. The SMILES string of the molecule is CCCC1CCC(C#N)C(N2CCCC(C)(OC)C2)C1. The zero-order valence-corrected chi connectivity index (χ0v) is 13.4. The molecule has 3 nitrogen and oxygen atoms in total. The van der Waals surface area contributed by atoms with Crippen LogP contribution in [0.3, 0.4) is 0 Å². The van der Waals surface area contributed by atoms with Crippen LogP contribution < -0.4 is 0 Å². The summed E-state index contributed by atoms with van der Waals surface area (Å²) in [5.41, 5.74) is -0.0179. The molecule has 1 saturated carbocycles. The highest BCUT2D eigenvalue weighted by Gasteiger charge is 2.39. The number of rotatable bonds is 4. The first-order valence-electron chi connectivity index (χ1n) is 8.30. The molecule has 1 aliphatic heterocycles. The first kappa shape index (κ1) is 15.8. The van der Waals surface area contributed by atoms with Crippen LogP contribution in [-0.2, 0) is 4.74 Å². The summed E-state index contributed by atoms with van der Waals surface area (Å²) in [7, 11) is 1.83. The largest absolute Gasteiger partial charge is 0.377 e. The lowest BCUT2D eigenvalue weighted by Crippen LogP contribution is -2.54. The van der Waals surface area contributed by atoms with Crippen molar-refractivity contribution < 1.29 is 4.74 Å². The third kappa shape index (κ3) is 3.54. The van der Waals surface area contributed by atoms with Crippen LogP contribution in [0.5, 0.6) is 0 Å². The van der Waals surface area contributed by atoms with Crippen LogP contribution in [0, 0.1) is 23.2 Å². The van der Waals surface area contributed by atoms with E-state index in [-0.39, 0.29) is 11.5 Å². The quantitative estimate of drug-likeness (QED) is 0.788. The van der Waals surface area contributed by atoms with Gasteiger partial charge in [0.25, 0.3) is 0 Å². The molecule has 114 valence electrons. The van der Waals surface area contributed by atoms with Crippen molar-refractivity contribution in [1.82, 2.24) is 4.90 Å². The first-order chi connectivity index (χ1) is 9.61. The van der Waals surface area contributed by atoms with Crippen molar-refractivity contribution in [2.45, 2.75) is 70.4 Å². The maximum absolute atomic E-state index is 9.49. The number of likely N-dealkylation sites (tertiary alicyclic amines) is 1. The lowest BCUT2D eigenvalue weighted by Gasteiger charge is -2.47. The number of nitriles is 1. The van der Waals surface area contributed by atoms with Crippen molar-refractivity contribution >= 4 is 0 Å². The summed E-state index contributed by atoms with van der Waals surface area (Å²) >= 11 is 0. The van der Waals surface area contributed by atoms with Gasteiger partial charge in [-0.2, -0.15) is 5.26 Å². The van der Waals surface area contributed by atoms with Crippen LogP contribution in [-0.4, -0.2) is 36.7 Å². The molecule has 0 N–H and O–H groups in total. The molecule has 2 fully saturated rings. The maximum atomic E-state index is 9.49. The van der Waals surface area contributed by atoms with E-state index in [1.807, 2.05) is 7.11 Å². The standard InChI is InChI=1S/C17H30N2O/c1-4-6-14-7-8-15(12-18)16(11-14)19-10-5-9-17(2,13-19)20-3/h14-16H,4-11,13H2,1-3H3. The summed E-state index contributed by atoms with van der Waals surface area (Å²) < 4.78 is 5.72. The Hall–Kier alpha value is -0.590. The van der Waals surface area contributed by atoms with Crippen LogP contribution in [0.25, 0.3) is 0 Å². The fourth-order valence-corrected chi connectivity index (χ4v) is 4.15. The van der Waals surface area contributed by atoms with Crippen molar-refractivity contribution in [2.24, 2.45) is 11.8 Å². The zero-order chi connectivity index (χ0) is 14.6. The molecule has 2 aliphatic rings. The summed E-state index contributed by atoms with van der Waals surface area (Å²) in [6, 6.07) is 3.04. The van der Waals surface area contributed by atoms with E-state index in [9.17, 15) is 5.26 Å². The fraction of sp³-hybridized carbons (Fsp3) is 0.941. The van der Waals surface area contributed by atoms with Gasteiger partial charge in [0, 0.05) is 19.7 Å². The smallest absolute Gasteiger partial charge is 0.0777 e. The fourth-order valence-electron chi connectivity index (χ4n) is 4.15. The van der Waals surface area contributed by atoms with Gasteiger partial charge in [0.1, 0.15) is 0 Å². The number of nitrogens with zero attached hydrogens (tertiary/aromatic N) is 2. The molecule has 0 aromatic heterocycles. The average Bonchev–Trinajstić information content (AvgIpc) is 2.47. The van der Waals surface area contributed by atoms with Gasteiger partial charge < -0.3 is 4.74 Å². The highest BCUT2D eigenvalue weighted by molar-refractivity contribution is 5.00. The summed E-state index contributed by atoms with van der Waals surface area (Å²) in [6.45, 7) is 6.62. The number of ether oxygens (including phenoxy) is 1. The molecule has 0 aromatic rings. The number of hydrogen-bond donors (Lipinski definition) is 0. The van der Waals surface area contributed by atoms with Crippen LogP contribution in [0.15, 0.2) is 0 Å². The van der Waals surface area contributed by atoms with Crippen LogP contribution in [0.1, 0.15) is 58.8 Å². The minimum atomic E-state index is -0.0179. The Morgan fingerprint density at radius 3 is 2.85 bits per heavy atom. The van der Waals surface area contributed by atoms with E-state index in [2.05, 4.69) is 24.8 Å². The second kappa shape index (κ2) is 6.91. The second-order valence-electron chi connectivity index (χ2n) is 7.00. The van der Waals surface area contributed by atoms with Gasteiger partial charge in [0.15, 0.2) is 0 Å². The third-order valence-electron chi connectivity index (χ3n) is 5.44. The van der Waals surface area contributed by atoms with Crippen molar-refractivity contribution in [3.05, 3.63) is 0 Å². The lowest BCUT2D eigenvalue weighted by atomic mass is 9.75. The van der Waals surface area contributed by atoms with Gasteiger partial charge in [-0.05, 0) is 51.5 Å². The minimum Gasteiger partial charge on any atom is -0.377 e. The Morgan fingerprint density at radius 1 is 1.40 bits per heavy atom. The molecule has 0 aromatic carbocycles. The Balaban J connectivity index is 2.04. The van der Waals surface area contributed by atoms with Gasteiger partial charge in [0.2, 0.25) is 0 Å². The normalized spacial score (nSPS) is 39.4. The van der Waals surface area contributed by atoms with E-state index >= 15 is 0 Å². The molecule has 4 unspecified atom stereocenters. The van der Waals surface area contributed by atoms with Crippen LogP contribution >= 0.6 is 0 Å². The van der Waals surface area contributed by atoms with Gasteiger partial charge in [0.05, 0.1) is 17.6 Å². The van der Waals surface area contributed by atoms with E-state index in [0.29, 0.717) is 6.04 Å². The number of hydrogen-bond acceptors (Lipinski definition) is 3. The zero-order valence-electron chi connectivity index (χ0n) is 13.4. The van der Waals surface area contributed by atoms with Crippen molar-refractivity contribution in [2.75, 3.05) is 20.2 Å². The summed E-state index contributed by atoms with van der Waals surface area (Å²) in [6.07, 6.45) is 8.48. The molecular weight excluding hydrogens is 248 g/mol. The average molecular weight is 278 g/mol. The van der Waals surface area contributed by atoms with Gasteiger partial charge in [-0.15, -0.1) is 0 Å². The van der Waals surface area contributed by atoms with Gasteiger partial charge >= 0.3 is 0 Å². The van der Waals surface area contributed by atoms with Gasteiger partial charge in [-0.25, -0.2) is 0 Å². The van der Waals surface area contributed by atoms with E-state index < -0.39 is 0 Å². The van der Waals surface area contributed by atoms with Crippen molar-refractivity contribution in [1.29, 1.82) is 5.26 Å². The molecular formula is C17H30N2O. The predicted octanol–water partition coefficient (Wildman–Crippen LogP) is 3.60. The van der Waals surface area contributed by atoms with Crippen LogP contribution in [0.4, 0.5) is 0 Å². The van der Waals surface area contributed by atoms with Crippen molar-refractivity contribution in [3.8, 4) is 6.07 Å². The first-order valence-corrected chi connectivity index (χ1v) is 8.30. The molecule has 1 aliphatic carbocycles. The monoisotopic (exact) mass is 278 g/mol. The van der Waals surface area contributed by atoms with E-state index in [1.54, 1.807) is 0 Å². The molecule has 4 atom stereocenters. The van der Waals surface area contributed by atoms with Crippen LogP contribution in [0.2, 0.25) is 0 Å². The molecule has 0 spiro atoms. The van der Waals surface area contributed by atoms with Gasteiger partial charge in [-0.3, -0.25) is 4.90 Å². The minimum absolute atomic E-state index is 0.0179. The Bertz CT molecular complexity index is 351. The summed E-state index contributed by atoms with van der Waals surface area (Å²) in [5.74, 6) is 1.05. The molecule has 0 radical (unpaired) electrons. The topological polar surface area (TPSA) is 36.3 Å². The summed E-state index contributed by atoms with van der Waals surface area (Å²) in [4.78, 5) is 2.56. The molecule has 1 heterocycles. The third-order valence-corrected chi connectivity index (χ3v) is 5.44. The lowest BCUT2D eigenvalue weighted by molar-refractivity contribution is -0.0714. The Labute approximate surface area is 124 Å². The molecule has 0 amide bonds. The van der Waals surface area contributed by atoms with E-state index in [1.165, 1.54) is 32.1 Å². The molecule has 2 rings (SSSR count). The number of piperidine rings is 1. The Kier molecular flexibility index (Phi) is 5.46. The van der Waals surface area contributed by atoms with Gasteiger partial charge in [-0.1, -0.05) is 19.8 Å². The maximum Gasteiger partial charge on any atom is 0.0777 e. The van der Waals surface area contributed by atoms with Crippen molar-refractivity contribution in [3.63, 3.8) is 0 Å². The number of methoxy groups -OCH3 is 1. The summed E-state index contributed by atoms with van der Waals surface area (Å²) in [5, 5.41) is 9.49. The predicted molar refractivity (Wildman–Crippen MR) is 81.4 cm³/mol. The van der Waals surface area contributed by atoms with E-state index in [0.717, 1.165) is 31.8 Å².